The van der Waals surface area contributed by atoms with Gasteiger partial charge in [-0.2, -0.15) is 0 Å². The second-order valence-corrected chi connectivity index (χ2v) is 4.73. The van der Waals surface area contributed by atoms with Gasteiger partial charge in [-0.25, -0.2) is 0 Å². The predicted molar refractivity (Wildman–Crippen MR) is 66.1 cm³/mol. The van der Waals surface area contributed by atoms with Gasteiger partial charge in [-0.15, -0.1) is 0 Å². The molecule has 0 saturated heterocycles. The Morgan fingerprint density at radius 3 is 2.20 bits per heavy atom. The van der Waals surface area contributed by atoms with E-state index in [0.717, 1.165) is 32.5 Å². The third kappa shape index (κ3) is 6.88. The first-order chi connectivity index (χ1) is 6.93. The van der Waals surface area contributed by atoms with Crippen LogP contribution in [0, 0.1) is 0 Å². The summed E-state index contributed by atoms with van der Waals surface area (Å²) in [6, 6.07) is 0. The number of rotatable bonds is 8. The molecule has 0 rings (SSSR count). The van der Waals surface area contributed by atoms with Crippen LogP contribution in [0.4, 0.5) is 0 Å². The summed E-state index contributed by atoms with van der Waals surface area (Å²) < 4.78 is 5.51. The van der Waals surface area contributed by atoms with Gasteiger partial charge in [0.25, 0.3) is 0 Å². The first-order valence-electron chi connectivity index (χ1n) is 6.02. The van der Waals surface area contributed by atoms with Gasteiger partial charge in [-0.3, -0.25) is 0 Å². The Morgan fingerprint density at radius 2 is 1.80 bits per heavy atom. The van der Waals surface area contributed by atoms with E-state index in [0.29, 0.717) is 6.10 Å². The van der Waals surface area contributed by atoms with Gasteiger partial charge in [0.15, 0.2) is 0 Å². The van der Waals surface area contributed by atoms with Crippen molar-refractivity contribution in [2.45, 2.75) is 52.2 Å². The number of likely N-dealkylation sites (N-methyl/N-ethyl adjacent to an activating group) is 1. The fraction of sp³-hybridized carbons (Fsp3) is 1.00. The van der Waals surface area contributed by atoms with Crippen LogP contribution in [0.2, 0.25) is 0 Å². The third-order valence-corrected chi connectivity index (χ3v) is 2.92. The van der Waals surface area contributed by atoms with Crippen LogP contribution in [0.5, 0.6) is 0 Å². The van der Waals surface area contributed by atoms with Gasteiger partial charge in [-0.05, 0) is 33.7 Å². The van der Waals surface area contributed by atoms with Gasteiger partial charge in [0, 0.05) is 18.6 Å². The highest BCUT2D eigenvalue weighted by molar-refractivity contribution is 4.83. The lowest BCUT2D eigenvalue weighted by atomic mass is 9.94. The van der Waals surface area contributed by atoms with Crippen LogP contribution in [-0.2, 0) is 4.74 Å². The molecular weight excluding hydrogens is 188 g/mol. The number of ether oxygens (including phenoxy) is 1. The van der Waals surface area contributed by atoms with Gasteiger partial charge in [0.1, 0.15) is 0 Å². The monoisotopic (exact) mass is 216 g/mol. The predicted octanol–water partition coefficient (Wildman–Crippen LogP) is 1.86. The van der Waals surface area contributed by atoms with E-state index in [1.165, 1.54) is 0 Å². The van der Waals surface area contributed by atoms with E-state index in [-0.39, 0.29) is 5.54 Å². The Bertz CT molecular complexity index is 156. The maximum Gasteiger partial charge on any atom is 0.0596 e. The van der Waals surface area contributed by atoms with E-state index in [4.69, 9.17) is 10.5 Å². The van der Waals surface area contributed by atoms with E-state index >= 15 is 0 Å². The fourth-order valence-corrected chi connectivity index (χ4v) is 1.53. The molecule has 0 fully saturated rings. The number of hydrogen-bond donors (Lipinski definition) is 1. The summed E-state index contributed by atoms with van der Waals surface area (Å²) in [6.07, 6.45) is 2.37. The Morgan fingerprint density at radius 1 is 1.27 bits per heavy atom. The Kier molecular flexibility index (Phi) is 7.14. The maximum absolute atomic E-state index is 6.25. The zero-order chi connectivity index (χ0) is 11.9. The second-order valence-electron chi connectivity index (χ2n) is 4.73. The average Bonchev–Trinajstić information content (AvgIpc) is 2.17. The number of hydrogen-bond acceptors (Lipinski definition) is 3. The number of nitrogens with two attached hydrogens (primary N) is 1. The Labute approximate surface area is 95.0 Å². The highest BCUT2D eigenvalue weighted by Crippen LogP contribution is 2.12. The van der Waals surface area contributed by atoms with Crippen LogP contribution < -0.4 is 5.73 Å². The van der Waals surface area contributed by atoms with Crippen LogP contribution >= 0.6 is 0 Å². The highest BCUT2D eigenvalue weighted by Gasteiger charge is 2.21. The minimum atomic E-state index is -0.0351. The summed E-state index contributed by atoms with van der Waals surface area (Å²) in [5.41, 5.74) is 6.21. The van der Waals surface area contributed by atoms with Crippen molar-refractivity contribution in [2.75, 3.05) is 26.7 Å². The van der Waals surface area contributed by atoms with Gasteiger partial charge < -0.3 is 15.4 Å². The first-order valence-corrected chi connectivity index (χ1v) is 6.02. The topological polar surface area (TPSA) is 38.5 Å². The summed E-state index contributed by atoms with van der Waals surface area (Å²) >= 11 is 0. The molecule has 15 heavy (non-hydrogen) atoms. The summed E-state index contributed by atoms with van der Waals surface area (Å²) in [6.45, 7) is 11.1. The SMILES string of the molecule is CCC(N)(CC)CN(C)CCOC(C)C. The van der Waals surface area contributed by atoms with Crippen LogP contribution in [0.25, 0.3) is 0 Å². The van der Waals surface area contributed by atoms with Crippen molar-refractivity contribution in [3.8, 4) is 0 Å². The van der Waals surface area contributed by atoms with E-state index < -0.39 is 0 Å². The van der Waals surface area contributed by atoms with Gasteiger partial charge in [-0.1, -0.05) is 13.8 Å². The van der Waals surface area contributed by atoms with E-state index in [2.05, 4.69) is 39.6 Å². The van der Waals surface area contributed by atoms with Crippen molar-refractivity contribution >= 4 is 0 Å². The summed E-state index contributed by atoms with van der Waals surface area (Å²) in [5.74, 6) is 0. The molecular formula is C12H28N2O. The smallest absolute Gasteiger partial charge is 0.0596 e. The molecule has 2 N–H and O–H groups in total. The van der Waals surface area contributed by atoms with Crippen LogP contribution in [-0.4, -0.2) is 43.3 Å². The Hall–Kier alpha value is -0.120. The highest BCUT2D eigenvalue weighted by atomic mass is 16.5. The van der Waals surface area contributed by atoms with Crippen LogP contribution in [0.1, 0.15) is 40.5 Å². The van der Waals surface area contributed by atoms with Gasteiger partial charge in [0.05, 0.1) is 12.7 Å². The molecule has 0 aromatic heterocycles. The molecule has 3 nitrogen and oxygen atoms in total. The minimum absolute atomic E-state index is 0.0351. The van der Waals surface area contributed by atoms with E-state index in [9.17, 15) is 0 Å². The van der Waals surface area contributed by atoms with Gasteiger partial charge in [0.2, 0.25) is 0 Å². The molecule has 0 aliphatic carbocycles. The largest absolute Gasteiger partial charge is 0.377 e. The molecule has 0 unspecified atom stereocenters. The van der Waals surface area contributed by atoms with Crippen molar-refractivity contribution in [3.05, 3.63) is 0 Å². The second kappa shape index (κ2) is 7.20. The van der Waals surface area contributed by atoms with Gasteiger partial charge >= 0.3 is 0 Å². The molecule has 92 valence electrons. The van der Waals surface area contributed by atoms with Crippen molar-refractivity contribution in [2.24, 2.45) is 5.73 Å². The molecule has 0 bridgehead atoms. The molecule has 0 amide bonds. The average molecular weight is 216 g/mol. The maximum atomic E-state index is 6.25. The van der Waals surface area contributed by atoms with Crippen molar-refractivity contribution in [1.29, 1.82) is 0 Å². The van der Waals surface area contributed by atoms with E-state index in [1.807, 2.05) is 0 Å². The molecule has 3 heteroatoms. The van der Waals surface area contributed by atoms with Crippen molar-refractivity contribution < 1.29 is 4.74 Å². The molecule has 0 heterocycles. The normalized spacial score (nSPS) is 12.8. The summed E-state index contributed by atoms with van der Waals surface area (Å²) in [4.78, 5) is 2.26. The molecule has 0 aliphatic rings. The molecule has 0 atom stereocenters. The first kappa shape index (κ1) is 14.9. The third-order valence-electron chi connectivity index (χ3n) is 2.92. The van der Waals surface area contributed by atoms with Crippen molar-refractivity contribution in [3.63, 3.8) is 0 Å². The number of nitrogens with zero attached hydrogens (tertiary/aromatic N) is 1. The lowest BCUT2D eigenvalue weighted by molar-refractivity contribution is 0.0595. The van der Waals surface area contributed by atoms with Crippen LogP contribution in [0.15, 0.2) is 0 Å². The molecule has 0 aromatic carbocycles. The lowest BCUT2D eigenvalue weighted by Crippen LogP contribution is -2.48. The summed E-state index contributed by atoms with van der Waals surface area (Å²) in [5, 5.41) is 0. The van der Waals surface area contributed by atoms with E-state index in [1.54, 1.807) is 0 Å². The molecule has 0 saturated carbocycles. The molecule has 0 aliphatic heterocycles. The molecule has 0 spiro atoms. The Balaban J connectivity index is 3.76. The van der Waals surface area contributed by atoms with Crippen LogP contribution in [0.3, 0.4) is 0 Å². The zero-order valence-corrected chi connectivity index (χ0v) is 11.0. The molecule has 0 radical (unpaired) electrons. The zero-order valence-electron chi connectivity index (χ0n) is 11.0. The molecule has 0 aromatic rings. The quantitative estimate of drug-likeness (QED) is 0.673. The summed E-state index contributed by atoms with van der Waals surface area (Å²) in [7, 11) is 2.11. The van der Waals surface area contributed by atoms with Crippen molar-refractivity contribution in [1.82, 2.24) is 4.90 Å². The minimum Gasteiger partial charge on any atom is -0.377 e. The lowest BCUT2D eigenvalue weighted by Gasteiger charge is -2.32. The standard InChI is InChI=1S/C12H28N2O/c1-6-12(13,7-2)10-14(5)8-9-15-11(3)4/h11H,6-10,13H2,1-5H3. The fourth-order valence-electron chi connectivity index (χ4n) is 1.53.